The van der Waals surface area contributed by atoms with Crippen LogP contribution in [0, 0.1) is 0 Å². The van der Waals surface area contributed by atoms with E-state index in [1.807, 2.05) is 6.07 Å². The molecule has 0 fully saturated rings. The lowest BCUT2D eigenvalue weighted by molar-refractivity contribution is -0.143. The van der Waals surface area contributed by atoms with Crippen LogP contribution in [0.15, 0.2) is 51.2 Å². The zero-order chi connectivity index (χ0) is 23.7. The lowest BCUT2D eigenvalue weighted by Crippen LogP contribution is -2.29. The highest BCUT2D eigenvalue weighted by atomic mass is 35.5. The van der Waals surface area contributed by atoms with E-state index in [9.17, 15) is 14.7 Å². The lowest BCUT2D eigenvalue weighted by atomic mass is 9.98. The van der Waals surface area contributed by atoms with Crippen molar-refractivity contribution in [3.63, 3.8) is 0 Å². The molecule has 2 heterocycles. The van der Waals surface area contributed by atoms with E-state index in [0.717, 1.165) is 4.57 Å². The number of esters is 1. The van der Waals surface area contributed by atoms with Crippen molar-refractivity contribution in [1.29, 1.82) is 0 Å². The van der Waals surface area contributed by atoms with Crippen LogP contribution in [0.1, 0.15) is 12.5 Å². The third-order valence-corrected chi connectivity index (χ3v) is 5.34. The second-order valence-electron chi connectivity index (χ2n) is 6.97. The fourth-order valence-electron chi connectivity index (χ4n) is 3.70. The fraction of sp³-hybridized carbons (Fsp3) is 0.217. The maximum Gasteiger partial charge on any atom is 0.326 e. The number of aromatic hydroxyl groups is 1. The summed E-state index contributed by atoms with van der Waals surface area (Å²) in [5.41, 5.74) is 0.471. The molecule has 0 aliphatic carbocycles. The number of aromatic nitrogens is 1. The first kappa shape index (κ1) is 22.3. The molecule has 0 saturated heterocycles. The van der Waals surface area contributed by atoms with Crippen molar-refractivity contribution in [3.8, 4) is 17.2 Å². The number of benzene rings is 2. The summed E-state index contributed by atoms with van der Waals surface area (Å²) in [7, 11) is 2.87. The molecule has 0 bridgehead atoms. The smallest absolute Gasteiger partial charge is 0.326 e. The number of hydrogen-bond donors (Lipinski definition) is 1. The monoisotopic (exact) mass is 469 g/mol. The van der Waals surface area contributed by atoms with Gasteiger partial charge in [-0.15, -0.1) is 0 Å². The van der Waals surface area contributed by atoms with Gasteiger partial charge in [0, 0.05) is 11.5 Å². The molecule has 4 rings (SSSR count). The number of ether oxygens (including phenoxy) is 3. The molecule has 170 valence electrons. The minimum Gasteiger partial charge on any atom is -0.503 e. The van der Waals surface area contributed by atoms with Crippen LogP contribution in [0.3, 0.4) is 0 Å². The van der Waals surface area contributed by atoms with Crippen molar-refractivity contribution < 1.29 is 24.1 Å². The summed E-state index contributed by atoms with van der Waals surface area (Å²) in [5.74, 6) is -0.738. The minimum atomic E-state index is -0.809. The Kier molecular flexibility index (Phi) is 6.06. The summed E-state index contributed by atoms with van der Waals surface area (Å²) in [5, 5.41) is 11.3. The fourth-order valence-corrected chi connectivity index (χ4v) is 3.92. The van der Waals surface area contributed by atoms with Crippen LogP contribution in [-0.2, 0) is 16.1 Å². The minimum absolute atomic E-state index is 0.0444. The van der Waals surface area contributed by atoms with Crippen molar-refractivity contribution in [2.45, 2.75) is 13.5 Å². The Morgan fingerprint density at radius 2 is 1.94 bits per heavy atom. The van der Waals surface area contributed by atoms with Gasteiger partial charge in [0.25, 0.3) is 5.56 Å². The number of carbonyl (C=O) groups is 1. The van der Waals surface area contributed by atoms with Crippen LogP contribution in [0.2, 0.25) is 0 Å². The van der Waals surface area contributed by atoms with E-state index in [0.29, 0.717) is 11.1 Å². The van der Waals surface area contributed by atoms with Crippen molar-refractivity contribution in [2.24, 2.45) is 9.98 Å². The highest BCUT2D eigenvalue weighted by Crippen LogP contribution is 2.48. The molecule has 2 aromatic carbocycles. The van der Waals surface area contributed by atoms with Crippen molar-refractivity contribution in [2.75, 3.05) is 20.8 Å². The van der Waals surface area contributed by atoms with E-state index in [1.54, 1.807) is 31.2 Å². The van der Waals surface area contributed by atoms with Gasteiger partial charge in [0.15, 0.2) is 22.4 Å². The van der Waals surface area contributed by atoms with E-state index < -0.39 is 23.8 Å². The Morgan fingerprint density at radius 1 is 1.21 bits per heavy atom. The molecule has 0 saturated carbocycles. The van der Waals surface area contributed by atoms with Crippen molar-refractivity contribution >= 4 is 50.7 Å². The van der Waals surface area contributed by atoms with Crippen LogP contribution < -0.4 is 15.0 Å². The number of nitrogens with zero attached hydrogens (tertiary/aromatic N) is 3. The predicted octanol–water partition coefficient (Wildman–Crippen LogP) is 3.69. The zero-order valence-corrected chi connectivity index (χ0v) is 18.8. The average Bonchev–Trinajstić information content (AvgIpc) is 2.81. The summed E-state index contributed by atoms with van der Waals surface area (Å²) in [6, 6.07) is 10.5. The SMILES string of the molecule is CCOC(=O)Cn1c(=O)c(O)c2c3c(c(OC)c(OC)cc31)N=C(Cl)C2=Nc1ccccc1. The van der Waals surface area contributed by atoms with E-state index in [1.165, 1.54) is 20.3 Å². The normalized spacial score (nSPS) is 13.7. The first-order valence-corrected chi connectivity index (χ1v) is 10.4. The summed E-state index contributed by atoms with van der Waals surface area (Å²) < 4.78 is 17.0. The standard InChI is InChI=1S/C23H20ClN3O6/c1-4-33-15(28)11-27-13-10-14(31-2)21(32-3)18-16(13)17(20(29)23(27)30)19(22(24)26-18)25-12-8-6-5-7-9-12/h5-10,29H,4,11H2,1-3H3. The molecule has 0 amide bonds. The quantitative estimate of drug-likeness (QED) is 0.551. The number of para-hydroxylation sites is 1. The van der Waals surface area contributed by atoms with Crippen LogP contribution in [0.5, 0.6) is 17.2 Å². The van der Waals surface area contributed by atoms with Crippen LogP contribution in [-0.4, -0.2) is 47.4 Å². The van der Waals surface area contributed by atoms with Crippen molar-refractivity contribution in [3.05, 3.63) is 52.3 Å². The molecule has 1 aliphatic heterocycles. The average molecular weight is 470 g/mol. The van der Waals surface area contributed by atoms with Gasteiger partial charge in [-0.2, -0.15) is 0 Å². The van der Waals surface area contributed by atoms with Gasteiger partial charge in [0.05, 0.1) is 37.6 Å². The van der Waals surface area contributed by atoms with E-state index in [4.69, 9.17) is 25.8 Å². The zero-order valence-electron chi connectivity index (χ0n) is 18.1. The van der Waals surface area contributed by atoms with Gasteiger partial charge < -0.3 is 19.3 Å². The summed E-state index contributed by atoms with van der Waals surface area (Å²) in [6.45, 7) is 1.38. The Bertz CT molecular complexity index is 1380. The van der Waals surface area contributed by atoms with Gasteiger partial charge in [-0.25, -0.2) is 9.98 Å². The Balaban J connectivity index is 2.13. The first-order valence-electron chi connectivity index (χ1n) is 9.99. The highest BCUT2D eigenvalue weighted by Gasteiger charge is 2.32. The number of halogens is 1. The number of pyridine rings is 1. The third-order valence-electron chi connectivity index (χ3n) is 5.08. The van der Waals surface area contributed by atoms with Gasteiger partial charge in [-0.1, -0.05) is 29.8 Å². The Hall–Kier alpha value is -3.85. The number of methoxy groups -OCH3 is 2. The van der Waals surface area contributed by atoms with Gasteiger partial charge >= 0.3 is 5.97 Å². The Labute approximate surface area is 193 Å². The molecule has 0 radical (unpaired) electrons. The van der Waals surface area contributed by atoms with Gasteiger partial charge in [-0.05, 0) is 19.1 Å². The number of rotatable bonds is 6. The molecule has 1 aromatic heterocycles. The van der Waals surface area contributed by atoms with Crippen LogP contribution in [0.4, 0.5) is 11.4 Å². The van der Waals surface area contributed by atoms with Gasteiger partial charge in [-0.3, -0.25) is 14.2 Å². The summed E-state index contributed by atoms with van der Waals surface area (Å²) in [6.07, 6.45) is 0. The molecule has 0 atom stereocenters. The maximum atomic E-state index is 13.2. The largest absolute Gasteiger partial charge is 0.503 e. The molecule has 3 aromatic rings. The molecule has 9 nitrogen and oxygen atoms in total. The molecular formula is C23H20ClN3O6. The Morgan fingerprint density at radius 3 is 2.58 bits per heavy atom. The summed E-state index contributed by atoms with van der Waals surface area (Å²) in [4.78, 5) is 34.4. The van der Waals surface area contributed by atoms with Gasteiger partial charge in [0.1, 0.15) is 17.9 Å². The van der Waals surface area contributed by atoms with E-state index in [2.05, 4.69) is 9.98 Å². The predicted molar refractivity (Wildman–Crippen MR) is 125 cm³/mol. The van der Waals surface area contributed by atoms with Crippen molar-refractivity contribution in [1.82, 2.24) is 4.57 Å². The second kappa shape index (κ2) is 8.95. The highest BCUT2D eigenvalue weighted by molar-refractivity contribution is 6.87. The van der Waals surface area contributed by atoms with Crippen LogP contribution in [0.25, 0.3) is 10.9 Å². The molecule has 10 heteroatoms. The molecule has 1 aliphatic rings. The first-order chi connectivity index (χ1) is 15.9. The second-order valence-corrected chi connectivity index (χ2v) is 7.33. The maximum absolute atomic E-state index is 13.2. The topological polar surface area (TPSA) is 112 Å². The summed E-state index contributed by atoms with van der Waals surface area (Å²) >= 11 is 6.49. The molecule has 1 N–H and O–H groups in total. The molecule has 0 unspecified atom stereocenters. The number of hydrogen-bond acceptors (Lipinski definition) is 8. The molecular weight excluding hydrogens is 450 g/mol. The number of carbonyl (C=O) groups excluding carboxylic acids is 1. The van der Waals surface area contributed by atoms with E-state index in [-0.39, 0.29) is 45.8 Å². The van der Waals surface area contributed by atoms with E-state index >= 15 is 0 Å². The lowest BCUT2D eigenvalue weighted by Gasteiger charge is -2.23. The number of aliphatic imine (C=N–C) groups is 2. The van der Waals surface area contributed by atoms with Crippen LogP contribution >= 0.6 is 11.6 Å². The third kappa shape index (κ3) is 3.80. The van der Waals surface area contributed by atoms with Gasteiger partial charge in [0.2, 0.25) is 0 Å². The molecule has 33 heavy (non-hydrogen) atoms. The molecule has 0 spiro atoms.